The maximum absolute atomic E-state index is 4.51. The number of fused-ring (bicyclic) bond motifs is 7. The third-order valence-electron chi connectivity index (χ3n) is 11.3. The van der Waals surface area contributed by atoms with Crippen molar-refractivity contribution in [3.8, 4) is 39.1 Å². The molecule has 0 N–H and O–H groups in total. The molecular weight excluding hydrogens is 709 g/mol. The molecule has 11 rings (SSSR count). The van der Waals surface area contributed by atoms with E-state index in [1.54, 1.807) is 0 Å². The summed E-state index contributed by atoms with van der Waals surface area (Å²) in [4.78, 5) is 2.26. The molecule has 8 aromatic carbocycles. The quantitative estimate of drug-likeness (QED) is 0.170. The molecule has 0 saturated heterocycles. The van der Waals surface area contributed by atoms with Gasteiger partial charge in [-0.2, -0.15) is 0 Å². The van der Waals surface area contributed by atoms with Crippen LogP contribution < -0.4 is 4.90 Å². The third kappa shape index (κ3) is 5.71. The number of allylic oxidation sites excluding steroid dienone is 4. The highest BCUT2D eigenvalue weighted by atomic mass is 32.1. The van der Waals surface area contributed by atoms with Gasteiger partial charge in [-0.3, -0.25) is 0 Å². The van der Waals surface area contributed by atoms with Gasteiger partial charge in [-0.1, -0.05) is 134 Å². The zero-order chi connectivity index (χ0) is 37.9. The number of thiophene rings is 1. The van der Waals surface area contributed by atoms with Crippen molar-refractivity contribution in [1.82, 2.24) is 4.57 Å². The summed E-state index contributed by atoms with van der Waals surface area (Å²) in [5, 5.41) is 5.13. The van der Waals surface area contributed by atoms with Crippen LogP contribution in [0.3, 0.4) is 0 Å². The van der Waals surface area contributed by atoms with E-state index in [4.69, 9.17) is 0 Å². The molecule has 0 fully saturated rings. The van der Waals surface area contributed by atoms with Gasteiger partial charge in [-0.15, -0.1) is 11.3 Å². The molecule has 0 radical (unpaired) electrons. The van der Waals surface area contributed by atoms with Crippen LogP contribution in [0.15, 0.2) is 213 Å². The van der Waals surface area contributed by atoms with E-state index in [0.29, 0.717) is 0 Å². The Morgan fingerprint density at radius 1 is 0.404 bits per heavy atom. The second-order valence-electron chi connectivity index (χ2n) is 14.7. The highest BCUT2D eigenvalue weighted by Gasteiger charge is 2.18. The Bertz CT molecular complexity index is 3230. The Balaban J connectivity index is 0.978. The lowest BCUT2D eigenvalue weighted by Gasteiger charge is -2.26. The molecule has 268 valence electrons. The Morgan fingerprint density at radius 3 is 1.84 bits per heavy atom. The smallest absolute Gasteiger partial charge is 0.0547 e. The Labute approximate surface area is 335 Å². The van der Waals surface area contributed by atoms with E-state index in [-0.39, 0.29) is 0 Å². The second kappa shape index (κ2) is 13.5. The Kier molecular flexibility index (Phi) is 7.87. The maximum Gasteiger partial charge on any atom is 0.0547 e. The average Bonchev–Trinajstić information content (AvgIpc) is 3.81. The van der Waals surface area contributed by atoms with Gasteiger partial charge in [0.1, 0.15) is 0 Å². The van der Waals surface area contributed by atoms with Crippen molar-refractivity contribution in [2.24, 2.45) is 0 Å². The van der Waals surface area contributed by atoms with Crippen molar-refractivity contribution in [2.45, 2.75) is 0 Å². The molecule has 3 heteroatoms. The van der Waals surface area contributed by atoms with Gasteiger partial charge in [0.2, 0.25) is 0 Å². The zero-order valence-corrected chi connectivity index (χ0v) is 32.0. The molecule has 0 spiro atoms. The first kappa shape index (κ1) is 33.2. The molecule has 57 heavy (non-hydrogen) atoms. The van der Waals surface area contributed by atoms with Gasteiger partial charge in [0.15, 0.2) is 0 Å². The van der Waals surface area contributed by atoms with Crippen molar-refractivity contribution in [1.29, 1.82) is 0 Å². The molecule has 0 amide bonds. The normalized spacial score (nSPS) is 13.9. The van der Waals surface area contributed by atoms with Crippen LogP contribution in [-0.4, -0.2) is 4.57 Å². The summed E-state index contributed by atoms with van der Waals surface area (Å²) in [6, 6.07) is 66.3. The molecular formula is C54H36N2S. The number of anilines is 2. The van der Waals surface area contributed by atoms with E-state index in [2.05, 4.69) is 222 Å². The minimum Gasteiger partial charge on any atom is -0.317 e. The lowest BCUT2D eigenvalue weighted by Crippen LogP contribution is -2.11. The molecule has 0 atom stereocenters. The van der Waals surface area contributed by atoms with E-state index < -0.39 is 0 Å². The summed E-state index contributed by atoms with van der Waals surface area (Å²) in [6.45, 7) is 4.51. The highest BCUT2D eigenvalue weighted by molar-refractivity contribution is 7.25. The van der Waals surface area contributed by atoms with Gasteiger partial charge < -0.3 is 9.47 Å². The van der Waals surface area contributed by atoms with Crippen LogP contribution in [0.2, 0.25) is 0 Å². The van der Waals surface area contributed by atoms with E-state index in [1.807, 2.05) is 11.3 Å². The number of para-hydroxylation sites is 1. The van der Waals surface area contributed by atoms with Crippen LogP contribution in [0, 0.1) is 0 Å². The van der Waals surface area contributed by atoms with Crippen molar-refractivity contribution in [2.75, 3.05) is 4.90 Å². The summed E-state index contributed by atoms with van der Waals surface area (Å²) in [6.07, 6.45) is 8.38. The number of hydrogen-bond acceptors (Lipinski definition) is 2. The van der Waals surface area contributed by atoms with Crippen molar-refractivity contribution in [3.05, 3.63) is 219 Å². The number of benzene rings is 8. The van der Waals surface area contributed by atoms with Gasteiger partial charge in [0, 0.05) is 54.1 Å². The minimum absolute atomic E-state index is 0.976. The van der Waals surface area contributed by atoms with E-state index in [9.17, 15) is 0 Å². The number of rotatable bonds is 5. The van der Waals surface area contributed by atoms with Crippen LogP contribution in [0.1, 0.15) is 5.56 Å². The third-order valence-corrected chi connectivity index (χ3v) is 12.5. The monoisotopic (exact) mass is 744 g/mol. The molecule has 3 heterocycles. The first-order chi connectivity index (χ1) is 28.2. The largest absolute Gasteiger partial charge is 0.317 e. The van der Waals surface area contributed by atoms with Crippen LogP contribution in [0.4, 0.5) is 11.4 Å². The molecule has 0 saturated carbocycles. The molecule has 0 unspecified atom stereocenters. The predicted molar refractivity (Wildman–Crippen MR) is 246 cm³/mol. The Hall–Kier alpha value is -7.20. The second-order valence-corrected chi connectivity index (χ2v) is 15.8. The van der Waals surface area contributed by atoms with E-state index >= 15 is 0 Å². The summed E-state index contributed by atoms with van der Waals surface area (Å²) < 4.78 is 5.07. The van der Waals surface area contributed by atoms with Gasteiger partial charge in [-0.05, 0) is 112 Å². The van der Waals surface area contributed by atoms with Crippen molar-refractivity contribution in [3.63, 3.8) is 0 Å². The average molecular weight is 745 g/mol. The van der Waals surface area contributed by atoms with E-state index in [1.165, 1.54) is 64.2 Å². The van der Waals surface area contributed by atoms with Gasteiger partial charge in [-0.25, -0.2) is 0 Å². The molecule has 2 nitrogen and oxygen atoms in total. The fourth-order valence-corrected chi connectivity index (χ4v) is 9.55. The lowest BCUT2D eigenvalue weighted by atomic mass is 9.95. The zero-order valence-electron chi connectivity index (χ0n) is 31.1. The van der Waals surface area contributed by atoms with Crippen LogP contribution in [0.25, 0.3) is 86.6 Å². The molecule has 0 bridgehead atoms. The Morgan fingerprint density at radius 2 is 1.00 bits per heavy atom. The topological polar surface area (TPSA) is 8.17 Å². The summed E-state index contributed by atoms with van der Waals surface area (Å²) in [5.74, 6) is 0. The first-order valence-corrected chi connectivity index (χ1v) is 20.2. The molecule has 2 aromatic heterocycles. The summed E-state index contributed by atoms with van der Waals surface area (Å²) in [7, 11) is 0. The SMILES string of the molecule is C=C1/C=C\C=C/N(c2ccc(-c3ccccc3)cc2)c2ccc(-c3ccc4c5ccccc5n(-c5ccc(-c6ccc7sc8ccccc8c7c6)cc5)c4c3)cc21. The molecule has 10 aromatic rings. The van der Waals surface area contributed by atoms with Gasteiger partial charge in [0.05, 0.1) is 16.7 Å². The van der Waals surface area contributed by atoms with Crippen LogP contribution in [0.5, 0.6) is 0 Å². The van der Waals surface area contributed by atoms with Crippen LogP contribution >= 0.6 is 11.3 Å². The van der Waals surface area contributed by atoms with Gasteiger partial charge >= 0.3 is 0 Å². The van der Waals surface area contributed by atoms with E-state index in [0.717, 1.165) is 39.3 Å². The molecule has 0 aliphatic carbocycles. The van der Waals surface area contributed by atoms with Crippen molar-refractivity contribution >= 4 is 70.3 Å². The lowest BCUT2D eigenvalue weighted by molar-refractivity contribution is 1.18. The van der Waals surface area contributed by atoms with Crippen LogP contribution in [-0.2, 0) is 0 Å². The molecule has 1 aliphatic rings. The fraction of sp³-hybridized carbons (Fsp3) is 0. The highest BCUT2D eigenvalue weighted by Crippen LogP contribution is 2.41. The standard InChI is InChI=1S/C54H36N2S/c1-36-11-9-10-32-55(43-25-18-38(19-26-43)37-12-3-2-4-13-37)50-30-23-41(33-48(36)50)42-22-29-46-45-14-5-7-16-51(45)56(52(46)35-42)44-27-20-39(21-28-44)40-24-31-54-49(34-40)47-15-6-8-17-53(47)57-54/h2-35H,1H2/b11-9-,32-10-. The summed E-state index contributed by atoms with van der Waals surface area (Å²) >= 11 is 1.86. The number of aromatic nitrogens is 1. The number of nitrogens with zero attached hydrogens (tertiary/aromatic N) is 2. The number of hydrogen-bond donors (Lipinski definition) is 0. The minimum atomic E-state index is 0.976. The van der Waals surface area contributed by atoms with Gasteiger partial charge in [0.25, 0.3) is 0 Å². The van der Waals surface area contributed by atoms with Crippen molar-refractivity contribution < 1.29 is 0 Å². The fourth-order valence-electron chi connectivity index (χ4n) is 8.47. The first-order valence-electron chi connectivity index (χ1n) is 19.3. The summed E-state index contributed by atoms with van der Waals surface area (Å²) in [5.41, 5.74) is 15.0. The predicted octanol–water partition coefficient (Wildman–Crippen LogP) is 15.4. The maximum atomic E-state index is 4.51. The molecule has 1 aliphatic heterocycles.